The maximum atomic E-state index is 13.1. The fourth-order valence-corrected chi connectivity index (χ4v) is 2.56. The van der Waals surface area contributed by atoms with E-state index in [4.69, 9.17) is 4.74 Å². The van der Waals surface area contributed by atoms with Gasteiger partial charge in [0, 0.05) is 17.9 Å². The van der Waals surface area contributed by atoms with Gasteiger partial charge < -0.3 is 15.4 Å². The third kappa shape index (κ3) is 6.15. The summed E-state index contributed by atoms with van der Waals surface area (Å²) in [6.07, 6.45) is 0.573. The molecule has 0 heterocycles. The van der Waals surface area contributed by atoms with Crippen molar-refractivity contribution in [2.75, 3.05) is 18.5 Å². The van der Waals surface area contributed by atoms with Crippen molar-refractivity contribution in [2.24, 2.45) is 0 Å². The molecular weight excluding hydrogens is 343 g/mol. The molecule has 0 fully saturated rings. The second kappa shape index (κ2) is 9.38. The summed E-state index contributed by atoms with van der Waals surface area (Å²) in [6, 6.07) is 23.6. The molecule has 2 N–H and O–H groups in total. The molecular formula is C22H21FN2O2. The van der Waals surface area contributed by atoms with Crippen molar-refractivity contribution >= 4 is 17.3 Å². The molecule has 3 rings (SSSR count). The van der Waals surface area contributed by atoms with Gasteiger partial charge in [-0.25, -0.2) is 4.39 Å². The van der Waals surface area contributed by atoms with E-state index in [1.165, 1.54) is 12.1 Å². The van der Waals surface area contributed by atoms with E-state index in [2.05, 4.69) is 10.6 Å². The monoisotopic (exact) mass is 364 g/mol. The second-order valence-corrected chi connectivity index (χ2v) is 6.03. The fourth-order valence-electron chi connectivity index (χ4n) is 2.56. The van der Waals surface area contributed by atoms with Crippen LogP contribution in [0, 0.1) is 5.82 Å². The molecule has 0 aliphatic carbocycles. The lowest BCUT2D eigenvalue weighted by Gasteiger charge is -2.09. The van der Waals surface area contributed by atoms with Crippen molar-refractivity contribution in [3.63, 3.8) is 0 Å². The minimum Gasteiger partial charge on any atom is -0.484 e. The van der Waals surface area contributed by atoms with E-state index >= 15 is 0 Å². The number of rotatable bonds is 8. The van der Waals surface area contributed by atoms with E-state index in [0.717, 1.165) is 16.9 Å². The van der Waals surface area contributed by atoms with E-state index in [0.29, 0.717) is 18.7 Å². The normalized spacial score (nSPS) is 10.3. The first-order valence-electron chi connectivity index (χ1n) is 8.75. The quantitative estimate of drug-likeness (QED) is 0.626. The van der Waals surface area contributed by atoms with E-state index < -0.39 is 0 Å². The number of anilines is 2. The van der Waals surface area contributed by atoms with Crippen LogP contribution in [0.4, 0.5) is 15.8 Å². The standard InChI is InChI=1S/C22H21FN2O2/c23-18-6-4-5-17(15-18)13-14-24-22(26)16-27-21-11-9-20(10-12-21)25-19-7-2-1-3-8-19/h1-12,15,25H,13-14,16H2,(H,24,26). The largest absolute Gasteiger partial charge is 0.484 e. The summed E-state index contributed by atoms with van der Waals surface area (Å²) in [7, 11) is 0. The predicted octanol–water partition coefficient (Wildman–Crippen LogP) is 4.31. The summed E-state index contributed by atoms with van der Waals surface area (Å²) < 4.78 is 18.6. The van der Waals surface area contributed by atoms with Gasteiger partial charge in [-0.1, -0.05) is 30.3 Å². The van der Waals surface area contributed by atoms with Gasteiger partial charge in [0.1, 0.15) is 11.6 Å². The van der Waals surface area contributed by atoms with Crippen molar-refractivity contribution in [3.05, 3.63) is 90.2 Å². The van der Waals surface area contributed by atoms with Crippen LogP contribution in [-0.4, -0.2) is 19.1 Å². The van der Waals surface area contributed by atoms with Crippen molar-refractivity contribution < 1.29 is 13.9 Å². The number of hydrogen-bond donors (Lipinski definition) is 2. The first kappa shape index (κ1) is 18.5. The van der Waals surface area contributed by atoms with Gasteiger partial charge in [-0.05, 0) is 60.5 Å². The average Bonchev–Trinajstić information content (AvgIpc) is 2.68. The van der Waals surface area contributed by atoms with Gasteiger partial charge in [-0.3, -0.25) is 4.79 Å². The molecule has 0 bridgehead atoms. The highest BCUT2D eigenvalue weighted by molar-refractivity contribution is 5.77. The topological polar surface area (TPSA) is 50.4 Å². The number of nitrogens with one attached hydrogen (secondary N) is 2. The predicted molar refractivity (Wildman–Crippen MR) is 105 cm³/mol. The second-order valence-electron chi connectivity index (χ2n) is 6.03. The zero-order chi connectivity index (χ0) is 18.9. The summed E-state index contributed by atoms with van der Waals surface area (Å²) in [5, 5.41) is 6.05. The molecule has 0 aliphatic heterocycles. The van der Waals surface area contributed by atoms with Crippen LogP contribution in [0.3, 0.4) is 0 Å². The first-order valence-corrected chi connectivity index (χ1v) is 8.75. The van der Waals surface area contributed by atoms with Gasteiger partial charge in [0.25, 0.3) is 5.91 Å². The molecule has 0 aliphatic rings. The molecule has 5 heteroatoms. The van der Waals surface area contributed by atoms with Gasteiger partial charge in [0.05, 0.1) is 0 Å². The van der Waals surface area contributed by atoms with Crippen molar-refractivity contribution in [1.29, 1.82) is 0 Å². The van der Waals surface area contributed by atoms with Crippen LogP contribution in [0.15, 0.2) is 78.9 Å². The highest BCUT2D eigenvalue weighted by atomic mass is 19.1. The number of carbonyl (C=O) groups excluding carboxylic acids is 1. The number of halogens is 1. The number of para-hydroxylation sites is 1. The Kier molecular flexibility index (Phi) is 6.41. The molecule has 1 amide bonds. The molecule has 4 nitrogen and oxygen atoms in total. The van der Waals surface area contributed by atoms with E-state index in [1.807, 2.05) is 60.7 Å². The molecule has 0 radical (unpaired) electrons. The average molecular weight is 364 g/mol. The molecule has 3 aromatic carbocycles. The maximum absolute atomic E-state index is 13.1. The van der Waals surface area contributed by atoms with Crippen LogP contribution < -0.4 is 15.4 Å². The van der Waals surface area contributed by atoms with E-state index in [1.54, 1.807) is 6.07 Å². The number of benzene rings is 3. The third-order valence-electron chi connectivity index (χ3n) is 3.91. The number of ether oxygens (including phenoxy) is 1. The van der Waals surface area contributed by atoms with E-state index in [-0.39, 0.29) is 18.3 Å². The van der Waals surface area contributed by atoms with Crippen LogP contribution in [0.1, 0.15) is 5.56 Å². The van der Waals surface area contributed by atoms with E-state index in [9.17, 15) is 9.18 Å². The number of amides is 1. The van der Waals surface area contributed by atoms with Crippen LogP contribution in [0.5, 0.6) is 5.75 Å². The molecule has 0 saturated heterocycles. The first-order chi connectivity index (χ1) is 13.2. The molecule has 0 atom stereocenters. The Balaban J connectivity index is 1.39. The van der Waals surface area contributed by atoms with Gasteiger partial charge in [-0.15, -0.1) is 0 Å². The Labute approximate surface area is 158 Å². The lowest BCUT2D eigenvalue weighted by molar-refractivity contribution is -0.123. The zero-order valence-electron chi connectivity index (χ0n) is 14.8. The molecule has 3 aromatic rings. The Morgan fingerprint density at radius 1 is 0.889 bits per heavy atom. The van der Waals surface area contributed by atoms with Crippen LogP contribution >= 0.6 is 0 Å². The zero-order valence-corrected chi connectivity index (χ0v) is 14.8. The van der Waals surface area contributed by atoms with Crippen molar-refractivity contribution in [3.8, 4) is 5.75 Å². The Bertz CT molecular complexity index is 867. The summed E-state index contributed by atoms with van der Waals surface area (Å²) in [5.74, 6) is 0.138. The summed E-state index contributed by atoms with van der Waals surface area (Å²) in [6.45, 7) is 0.375. The number of carbonyl (C=O) groups is 1. The SMILES string of the molecule is O=C(COc1ccc(Nc2ccccc2)cc1)NCCc1cccc(F)c1. The van der Waals surface area contributed by atoms with Gasteiger partial charge in [0.15, 0.2) is 6.61 Å². The van der Waals surface area contributed by atoms with Gasteiger partial charge in [-0.2, -0.15) is 0 Å². The Morgan fingerprint density at radius 2 is 1.63 bits per heavy atom. The molecule has 0 aromatic heterocycles. The van der Waals surface area contributed by atoms with Crippen LogP contribution in [0.25, 0.3) is 0 Å². The third-order valence-corrected chi connectivity index (χ3v) is 3.91. The van der Waals surface area contributed by atoms with Crippen LogP contribution in [0.2, 0.25) is 0 Å². The Morgan fingerprint density at radius 3 is 2.37 bits per heavy atom. The maximum Gasteiger partial charge on any atom is 0.257 e. The summed E-state index contributed by atoms with van der Waals surface area (Å²) in [4.78, 5) is 11.9. The molecule has 0 saturated carbocycles. The van der Waals surface area contributed by atoms with Gasteiger partial charge in [0.2, 0.25) is 0 Å². The van der Waals surface area contributed by atoms with Gasteiger partial charge >= 0.3 is 0 Å². The minimum absolute atomic E-state index is 0.0609. The van der Waals surface area contributed by atoms with Crippen LogP contribution in [-0.2, 0) is 11.2 Å². The molecule has 27 heavy (non-hydrogen) atoms. The van der Waals surface area contributed by atoms with Crippen molar-refractivity contribution in [1.82, 2.24) is 5.32 Å². The highest BCUT2D eigenvalue weighted by Crippen LogP contribution is 2.19. The van der Waals surface area contributed by atoms with Crippen molar-refractivity contribution in [2.45, 2.75) is 6.42 Å². The highest BCUT2D eigenvalue weighted by Gasteiger charge is 2.03. The fraction of sp³-hybridized carbons (Fsp3) is 0.136. The summed E-state index contributed by atoms with van der Waals surface area (Å²) >= 11 is 0. The Hall–Kier alpha value is -3.34. The molecule has 0 unspecified atom stereocenters. The molecule has 0 spiro atoms. The lowest BCUT2D eigenvalue weighted by Crippen LogP contribution is -2.30. The minimum atomic E-state index is -0.271. The lowest BCUT2D eigenvalue weighted by atomic mass is 10.1. The number of hydrogen-bond acceptors (Lipinski definition) is 3. The molecule has 138 valence electrons. The summed E-state index contributed by atoms with van der Waals surface area (Å²) in [5.41, 5.74) is 2.79. The smallest absolute Gasteiger partial charge is 0.257 e.